The van der Waals surface area contributed by atoms with Gasteiger partial charge in [-0.25, -0.2) is 14.9 Å². The molecule has 2 aliphatic heterocycles. The minimum atomic E-state index is -0.569. The molecule has 0 spiro atoms. The minimum absolute atomic E-state index is 0.130. The lowest BCUT2D eigenvalue weighted by Gasteiger charge is -2.25. The van der Waals surface area contributed by atoms with Gasteiger partial charge in [-0.15, -0.1) is 0 Å². The largest absolute Gasteiger partial charge is 0.271 e. The molecule has 2 heterocycles. The molecule has 2 aromatic carbocycles. The van der Waals surface area contributed by atoms with Crippen molar-refractivity contribution in [1.29, 1.82) is 5.26 Å². The van der Waals surface area contributed by atoms with Crippen molar-refractivity contribution in [1.82, 2.24) is 4.90 Å². The van der Waals surface area contributed by atoms with Gasteiger partial charge >= 0.3 is 0 Å². The standard InChI is InChI=1S/C18H12N4OS/c19-10-11-24-18-20-14-9-5-4-8-13(14)16-21-15(17(23)22(16)18)12-6-2-1-3-7-12/h1-9,15H,11H2. The number of aliphatic imine (C=N–C) groups is 2. The summed E-state index contributed by atoms with van der Waals surface area (Å²) in [5.74, 6) is 0.712. The van der Waals surface area contributed by atoms with Crippen molar-refractivity contribution in [3.05, 3.63) is 65.7 Å². The lowest BCUT2D eigenvalue weighted by molar-refractivity contribution is -0.124. The number of benzene rings is 2. The highest BCUT2D eigenvalue weighted by atomic mass is 32.2. The van der Waals surface area contributed by atoms with E-state index in [4.69, 9.17) is 5.26 Å². The van der Waals surface area contributed by atoms with Gasteiger partial charge in [-0.2, -0.15) is 5.26 Å². The number of amides is 1. The van der Waals surface area contributed by atoms with Crippen LogP contribution in [0.2, 0.25) is 0 Å². The summed E-state index contributed by atoms with van der Waals surface area (Å²) >= 11 is 1.25. The Bertz CT molecular complexity index is 914. The lowest BCUT2D eigenvalue weighted by Crippen LogP contribution is -2.39. The number of amidine groups is 2. The summed E-state index contributed by atoms with van der Waals surface area (Å²) < 4.78 is 0. The van der Waals surface area contributed by atoms with Crippen LogP contribution in [0.5, 0.6) is 0 Å². The van der Waals surface area contributed by atoms with Crippen molar-refractivity contribution in [2.24, 2.45) is 9.98 Å². The van der Waals surface area contributed by atoms with Gasteiger partial charge in [0.25, 0.3) is 5.91 Å². The van der Waals surface area contributed by atoms with Gasteiger partial charge in [0.05, 0.1) is 17.5 Å². The van der Waals surface area contributed by atoms with Crippen molar-refractivity contribution < 1.29 is 4.79 Å². The van der Waals surface area contributed by atoms with Gasteiger partial charge < -0.3 is 0 Å². The molecule has 0 aliphatic carbocycles. The van der Waals surface area contributed by atoms with Crippen molar-refractivity contribution in [2.75, 3.05) is 5.75 Å². The summed E-state index contributed by atoms with van der Waals surface area (Å²) in [5, 5.41) is 9.38. The first kappa shape index (κ1) is 14.7. The molecule has 0 bridgehead atoms. The van der Waals surface area contributed by atoms with Crippen LogP contribution < -0.4 is 0 Å². The topological polar surface area (TPSA) is 68.8 Å². The van der Waals surface area contributed by atoms with Crippen LogP contribution >= 0.6 is 11.8 Å². The Hall–Kier alpha value is -2.91. The minimum Gasteiger partial charge on any atom is -0.271 e. The highest BCUT2D eigenvalue weighted by molar-refractivity contribution is 8.14. The van der Waals surface area contributed by atoms with E-state index >= 15 is 0 Å². The molecule has 2 aromatic rings. The van der Waals surface area contributed by atoms with Crippen LogP contribution in [0.25, 0.3) is 0 Å². The second-order valence-corrected chi connectivity index (χ2v) is 6.24. The normalized spacial score (nSPS) is 18.4. The number of thioether (sulfide) groups is 1. The van der Waals surface area contributed by atoms with E-state index in [1.807, 2.05) is 54.6 Å². The number of hydrogen-bond acceptors (Lipinski definition) is 5. The Kier molecular flexibility index (Phi) is 3.63. The molecule has 0 saturated heterocycles. The van der Waals surface area contributed by atoms with Gasteiger partial charge in [0.2, 0.25) is 0 Å². The molecule has 1 amide bonds. The fourth-order valence-corrected chi connectivity index (χ4v) is 3.46. The van der Waals surface area contributed by atoms with Crippen molar-refractivity contribution in [3.63, 3.8) is 0 Å². The molecule has 2 aliphatic rings. The van der Waals surface area contributed by atoms with Crippen molar-refractivity contribution in [3.8, 4) is 6.07 Å². The molecular weight excluding hydrogens is 320 g/mol. The van der Waals surface area contributed by atoms with Gasteiger partial charge in [0, 0.05) is 5.56 Å². The van der Waals surface area contributed by atoms with Crippen LogP contribution in [0.15, 0.2) is 64.6 Å². The Balaban J connectivity index is 1.83. The number of para-hydroxylation sites is 1. The van der Waals surface area contributed by atoms with Crippen LogP contribution in [0.3, 0.4) is 0 Å². The smallest absolute Gasteiger partial charge is 0.263 e. The van der Waals surface area contributed by atoms with Gasteiger partial charge in [0.1, 0.15) is 5.84 Å². The van der Waals surface area contributed by atoms with Gasteiger partial charge in [0.15, 0.2) is 11.2 Å². The van der Waals surface area contributed by atoms with E-state index in [0.717, 1.165) is 16.8 Å². The molecule has 6 heteroatoms. The highest BCUT2D eigenvalue weighted by Gasteiger charge is 2.41. The average molecular weight is 332 g/mol. The first-order valence-electron chi connectivity index (χ1n) is 7.44. The summed E-state index contributed by atoms with van der Waals surface area (Å²) in [7, 11) is 0. The first-order valence-corrected chi connectivity index (χ1v) is 8.42. The summed E-state index contributed by atoms with van der Waals surface area (Å²) in [4.78, 5) is 23.7. The van der Waals surface area contributed by atoms with Crippen LogP contribution in [0.1, 0.15) is 17.2 Å². The van der Waals surface area contributed by atoms with E-state index < -0.39 is 6.04 Å². The molecule has 0 aromatic heterocycles. The fraction of sp³-hybridized carbons (Fsp3) is 0.111. The number of nitriles is 1. The maximum absolute atomic E-state index is 13.0. The molecular formula is C18H12N4OS. The third-order valence-electron chi connectivity index (χ3n) is 3.85. The zero-order valence-electron chi connectivity index (χ0n) is 12.6. The van der Waals surface area contributed by atoms with E-state index in [0.29, 0.717) is 11.0 Å². The van der Waals surface area contributed by atoms with Crippen LogP contribution in [-0.4, -0.2) is 27.6 Å². The van der Waals surface area contributed by atoms with Crippen molar-refractivity contribution in [2.45, 2.75) is 6.04 Å². The number of carbonyl (C=O) groups excluding carboxylic acids is 1. The number of nitrogens with zero attached hydrogens (tertiary/aromatic N) is 4. The van der Waals surface area contributed by atoms with E-state index in [1.54, 1.807) is 4.90 Å². The number of fused-ring (bicyclic) bond motifs is 3. The molecule has 0 fully saturated rings. The average Bonchev–Trinajstić information content (AvgIpc) is 2.98. The predicted molar refractivity (Wildman–Crippen MR) is 94.2 cm³/mol. The summed E-state index contributed by atoms with van der Waals surface area (Å²) in [6.07, 6.45) is 0. The zero-order valence-corrected chi connectivity index (χ0v) is 13.4. The molecule has 0 saturated carbocycles. The van der Waals surface area contributed by atoms with E-state index in [9.17, 15) is 4.79 Å². The molecule has 0 radical (unpaired) electrons. The summed E-state index contributed by atoms with van der Waals surface area (Å²) in [6, 6.07) is 18.6. The maximum atomic E-state index is 13.0. The lowest BCUT2D eigenvalue weighted by atomic mass is 10.1. The van der Waals surface area contributed by atoms with E-state index in [2.05, 4.69) is 16.1 Å². The first-order chi connectivity index (χ1) is 11.8. The molecule has 1 unspecified atom stereocenters. The third kappa shape index (κ3) is 2.30. The van der Waals surface area contributed by atoms with Crippen LogP contribution in [0.4, 0.5) is 5.69 Å². The second-order valence-electron chi connectivity index (χ2n) is 5.30. The van der Waals surface area contributed by atoms with Gasteiger partial charge in [-0.3, -0.25) is 4.79 Å². The fourth-order valence-electron chi connectivity index (χ4n) is 2.80. The van der Waals surface area contributed by atoms with Crippen LogP contribution in [-0.2, 0) is 4.79 Å². The molecule has 4 rings (SSSR count). The molecule has 1 atom stereocenters. The predicted octanol–water partition coefficient (Wildman–Crippen LogP) is 3.27. The van der Waals surface area contributed by atoms with Gasteiger partial charge in [-0.1, -0.05) is 54.2 Å². The number of hydrogen-bond donors (Lipinski definition) is 0. The van der Waals surface area contributed by atoms with Crippen molar-refractivity contribution >= 4 is 34.4 Å². The molecule has 5 nitrogen and oxygen atoms in total. The second kappa shape index (κ2) is 5.95. The van der Waals surface area contributed by atoms with Gasteiger partial charge in [-0.05, 0) is 17.7 Å². The Labute approximate surface area is 143 Å². The highest BCUT2D eigenvalue weighted by Crippen LogP contribution is 2.37. The molecule has 116 valence electrons. The van der Waals surface area contributed by atoms with Crippen LogP contribution in [0, 0.1) is 11.3 Å². The Morgan fingerprint density at radius 3 is 2.67 bits per heavy atom. The quantitative estimate of drug-likeness (QED) is 0.847. The molecule has 0 N–H and O–H groups in total. The SMILES string of the molecule is N#CCSC1=Nc2ccccc2C2=NC(c3ccccc3)C(=O)N12. The number of carbonyl (C=O) groups is 1. The zero-order chi connectivity index (χ0) is 16.5. The monoisotopic (exact) mass is 332 g/mol. The van der Waals surface area contributed by atoms with E-state index in [-0.39, 0.29) is 11.7 Å². The summed E-state index contributed by atoms with van der Waals surface area (Å²) in [5.41, 5.74) is 2.46. The molecule has 24 heavy (non-hydrogen) atoms. The maximum Gasteiger partial charge on any atom is 0.263 e. The third-order valence-corrected chi connectivity index (χ3v) is 4.66. The Morgan fingerprint density at radius 2 is 1.88 bits per heavy atom. The summed E-state index contributed by atoms with van der Waals surface area (Å²) in [6.45, 7) is 0. The van der Waals surface area contributed by atoms with E-state index in [1.165, 1.54) is 11.8 Å². The number of rotatable bonds is 2. The Morgan fingerprint density at radius 1 is 1.12 bits per heavy atom.